The van der Waals surface area contributed by atoms with Gasteiger partial charge in [0.05, 0.1) is 15.5 Å². The van der Waals surface area contributed by atoms with Crippen LogP contribution in [0.25, 0.3) is 0 Å². The molecule has 5 nitrogen and oxygen atoms in total. The lowest BCUT2D eigenvalue weighted by atomic mass is 10.3. The molecule has 0 saturated heterocycles. The molecule has 158 valence electrons. The zero-order chi connectivity index (χ0) is 22.0. The van der Waals surface area contributed by atoms with Crippen molar-refractivity contribution in [3.8, 4) is 0 Å². The van der Waals surface area contributed by atoms with Crippen molar-refractivity contribution in [1.82, 2.24) is 0 Å². The van der Waals surface area contributed by atoms with Crippen LogP contribution in [0.15, 0.2) is 98.4 Å². The Morgan fingerprint density at radius 3 is 1.87 bits per heavy atom. The molecule has 0 aromatic heterocycles. The third kappa shape index (κ3) is 4.79. The van der Waals surface area contributed by atoms with E-state index >= 15 is 0 Å². The molecular formula is C19H14F3NO4S3. The highest BCUT2D eigenvalue weighted by Gasteiger charge is 2.47. The second-order valence-corrected chi connectivity index (χ2v) is 10.7. The first-order chi connectivity index (χ1) is 14.0. The van der Waals surface area contributed by atoms with Gasteiger partial charge < -0.3 is 0 Å². The minimum absolute atomic E-state index is 0.00558. The third-order valence-electron chi connectivity index (χ3n) is 3.84. The van der Waals surface area contributed by atoms with Crippen LogP contribution < -0.4 is 4.72 Å². The molecule has 0 fully saturated rings. The van der Waals surface area contributed by atoms with Crippen molar-refractivity contribution in [2.45, 2.75) is 25.1 Å². The number of alkyl halides is 3. The molecule has 0 heterocycles. The van der Waals surface area contributed by atoms with E-state index in [4.69, 9.17) is 0 Å². The summed E-state index contributed by atoms with van der Waals surface area (Å²) >= 11 is 0.932. The van der Waals surface area contributed by atoms with Gasteiger partial charge in [-0.3, -0.25) is 4.72 Å². The molecule has 3 aromatic rings. The fourth-order valence-corrected chi connectivity index (χ4v) is 5.38. The lowest BCUT2D eigenvalue weighted by Crippen LogP contribution is -2.23. The summed E-state index contributed by atoms with van der Waals surface area (Å²) in [5.41, 5.74) is -5.53. The van der Waals surface area contributed by atoms with Gasteiger partial charge in [0.1, 0.15) is 0 Å². The Hall–Kier alpha value is -2.50. The molecule has 11 heteroatoms. The van der Waals surface area contributed by atoms with E-state index < -0.39 is 30.3 Å². The third-order valence-corrected chi connectivity index (χ3v) is 7.77. The second kappa shape index (κ2) is 8.32. The number of hydrogen-bond donors (Lipinski definition) is 1. The van der Waals surface area contributed by atoms with E-state index in [0.717, 1.165) is 30.0 Å². The number of sulfone groups is 1. The Balaban J connectivity index is 2.08. The number of hydrogen-bond acceptors (Lipinski definition) is 5. The van der Waals surface area contributed by atoms with Gasteiger partial charge in [-0.15, -0.1) is 0 Å². The van der Waals surface area contributed by atoms with Gasteiger partial charge in [0, 0.05) is 9.79 Å². The molecule has 0 unspecified atom stereocenters. The summed E-state index contributed by atoms with van der Waals surface area (Å²) in [7, 11) is -9.63. The molecule has 0 saturated carbocycles. The van der Waals surface area contributed by atoms with Crippen LogP contribution in [-0.4, -0.2) is 22.3 Å². The van der Waals surface area contributed by atoms with Crippen LogP contribution in [0.1, 0.15) is 0 Å². The minimum Gasteiger partial charge on any atom is -0.278 e. The van der Waals surface area contributed by atoms with Crippen molar-refractivity contribution in [1.29, 1.82) is 0 Å². The Morgan fingerprint density at radius 1 is 0.733 bits per heavy atom. The molecule has 0 atom stereocenters. The summed E-state index contributed by atoms with van der Waals surface area (Å²) in [6.45, 7) is 0. The van der Waals surface area contributed by atoms with Crippen LogP contribution in [0, 0.1) is 0 Å². The second-order valence-electron chi connectivity index (χ2n) is 5.94. The highest BCUT2D eigenvalue weighted by atomic mass is 32.2. The van der Waals surface area contributed by atoms with Gasteiger partial charge in [-0.25, -0.2) is 16.8 Å². The van der Waals surface area contributed by atoms with Gasteiger partial charge in [-0.1, -0.05) is 48.2 Å². The van der Waals surface area contributed by atoms with Gasteiger partial charge in [-0.2, -0.15) is 13.2 Å². The summed E-state index contributed by atoms with van der Waals surface area (Å²) in [5.74, 6) is 0. The van der Waals surface area contributed by atoms with Crippen molar-refractivity contribution < 1.29 is 30.0 Å². The number of benzene rings is 3. The summed E-state index contributed by atoms with van der Waals surface area (Å²) in [6.07, 6.45) is 0. The fraction of sp³-hybridized carbons (Fsp3) is 0.0526. The maximum absolute atomic E-state index is 13.0. The van der Waals surface area contributed by atoms with E-state index in [1.165, 1.54) is 24.3 Å². The van der Waals surface area contributed by atoms with Crippen LogP contribution in [0.4, 0.5) is 18.9 Å². The van der Waals surface area contributed by atoms with E-state index in [9.17, 15) is 30.0 Å². The quantitative estimate of drug-likeness (QED) is 0.549. The first-order valence-corrected chi connectivity index (χ1v) is 12.1. The van der Waals surface area contributed by atoms with Crippen molar-refractivity contribution >= 4 is 37.3 Å². The first-order valence-electron chi connectivity index (χ1n) is 8.27. The number of anilines is 1. The molecule has 30 heavy (non-hydrogen) atoms. The predicted octanol–water partition coefficient (Wildman–Crippen LogP) is 4.93. The molecule has 0 aliphatic carbocycles. The maximum atomic E-state index is 13.0. The molecule has 0 bridgehead atoms. The molecule has 0 aliphatic rings. The van der Waals surface area contributed by atoms with E-state index in [1.807, 2.05) is 0 Å². The molecule has 3 aromatic carbocycles. The zero-order valence-electron chi connectivity index (χ0n) is 15.0. The average molecular weight is 474 g/mol. The zero-order valence-corrected chi connectivity index (χ0v) is 17.4. The number of rotatable bonds is 6. The van der Waals surface area contributed by atoms with Crippen molar-refractivity contribution in [2.24, 2.45) is 0 Å². The van der Waals surface area contributed by atoms with Gasteiger partial charge in [0.15, 0.2) is 0 Å². The van der Waals surface area contributed by atoms with Gasteiger partial charge in [0.25, 0.3) is 19.9 Å². The van der Waals surface area contributed by atoms with Crippen molar-refractivity contribution in [3.63, 3.8) is 0 Å². The Kier molecular flexibility index (Phi) is 6.16. The number of nitrogens with one attached hydrogen (secondary N) is 1. The first kappa shape index (κ1) is 22.2. The van der Waals surface area contributed by atoms with E-state index in [2.05, 4.69) is 4.72 Å². The van der Waals surface area contributed by atoms with E-state index in [0.29, 0.717) is 4.90 Å². The maximum Gasteiger partial charge on any atom is 0.501 e. The molecule has 0 amide bonds. The molecule has 0 radical (unpaired) electrons. The fourth-order valence-electron chi connectivity index (χ4n) is 2.39. The molecule has 0 aliphatic heterocycles. The van der Waals surface area contributed by atoms with E-state index in [-0.39, 0.29) is 15.5 Å². The number of sulfonamides is 1. The van der Waals surface area contributed by atoms with Crippen LogP contribution in [0.3, 0.4) is 0 Å². The number of halogens is 3. The summed E-state index contributed by atoms with van der Waals surface area (Å²) < 4.78 is 90.1. The Morgan fingerprint density at radius 2 is 1.30 bits per heavy atom. The van der Waals surface area contributed by atoms with E-state index in [1.54, 1.807) is 36.4 Å². The van der Waals surface area contributed by atoms with Crippen molar-refractivity contribution in [2.75, 3.05) is 4.72 Å². The summed E-state index contributed by atoms with van der Waals surface area (Å²) in [4.78, 5) is -0.436. The summed E-state index contributed by atoms with van der Waals surface area (Å²) in [6, 6.07) is 18.3. The summed E-state index contributed by atoms with van der Waals surface area (Å²) in [5, 5.41) is 0. The lowest BCUT2D eigenvalue weighted by Gasteiger charge is -2.15. The topological polar surface area (TPSA) is 80.3 Å². The monoisotopic (exact) mass is 473 g/mol. The van der Waals surface area contributed by atoms with Crippen molar-refractivity contribution in [3.05, 3.63) is 78.9 Å². The smallest absolute Gasteiger partial charge is 0.278 e. The van der Waals surface area contributed by atoms with Crippen LogP contribution in [0.5, 0.6) is 0 Å². The van der Waals surface area contributed by atoms with Gasteiger partial charge >= 0.3 is 5.51 Å². The van der Waals surface area contributed by atoms with Gasteiger partial charge in [-0.05, 0) is 42.5 Å². The highest BCUT2D eigenvalue weighted by Crippen LogP contribution is 2.38. The Labute approximate surface area is 175 Å². The molecule has 3 rings (SSSR count). The molecule has 0 spiro atoms. The highest BCUT2D eigenvalue weighted by molar-refractivity contribution is 7.99. The lowest BCUT2D eigenvalue weighted by molar-refractivity contribution is -0.0436. The SMILES string of the molecule is O=S(=O)(Nc1ccc(S(=O)(=O)C(F)(F)F)cc1Sc1ccccc1)c1ccccc1. The van der Waals surface area contributed by atoms with Crippen LogP contribution in [0.2, 0.25) is 0 Å². The van der Waals surface area contributed by atoms with Gasteiger partial charge in [0.2, 0.25) is 0 Å². The minimum atomic E-state index is -5.59. The predicted molar refractivity (Wildman–Crippen MR) is 107 cm³/mol. The Bertz CT molecular complexity index is 1250. The molecular weight excluding hydrogens is 459 g/mol. The van der Waals surface area contributed by atoms with Crippen LogP contribution >= 0.6 is 11.8 Å². The molecule has 1 N–H and O–H groups in total. The largest absolute Gasteiger partial charge is 0.501 e. The average Bonchev–Trinajstić information content (AvgIpc) is 2.69. The standard InChI is InChI=1S/C19H14F3NO4S3/c20-19(21,22)29(24,25)16-11-12-17(18(13-16)28-14-7-3-1-4-8-14)23-30(26,27)15-9-5-2-6-10-15/h1-13,23H. The normalized spacial score (nSPS) is 12.5. The van der Waals surface area contributed by atoms with Crippen LogP contribution in [-0.2, 0) is 19.9 Å².